The first-order chi connectivity index (χ1) is 13.0. The smallest absolute Gasteiger partial charge is 0.248 e. The highest BCUT2D eigenvalue weighted by molar-refractivity contribution is 5.92. The number of guanidine groups is 1. The van der Waals surface area contributed by atoms with E-state index in [2.05, 4.69) is 15.6 Å². The number of hydrogen-bond acceptors (Lipinski definition) is 3. The molecule has 2 aromatic rings. The van der Waals surface area contributed by atoms with Crippen molar-refractivity contribution in [3.8, 4) is 5.75 Å². The molecule has 0 heterocycles. The Morgan fingerprint density at radius 2 is 1.96 bits per heavy atom. The number of rotatable bonds is 8. The molecule has 0 aromatic heterocycles. The number of nitrogens with two attached hydrogens (primary N) is 1. The predicted octanol–water partition coefficient (Wildman–Crippen LogP) is 2.62. The van der Waals surface area contributed by atoms with Crippen LogP contribution in [0.3, 0.4) is 0 Å². The molecule has 6 nitrogen and oxygen atoms in total. The van der Waals surface area contributed by atoms with E-state index < -0.39 is 5.91 Å². The third kappa shape index (κ3) is 7.01. The van der Waals surface area contributed by atoms with Gasteiger partial charge in [-0.15, -0.1) is 0 Å². The number of nitrogens with zero attached hydrogens (tertiary/aromatic N) is 1. The van der Waals surface area contributed by atoms with E-state index in [1.165, 1.54) is 5.56 Å². The Balaban J connectivity index is 1.93. The molecule has 2 rings (SSSR count). The van der Waals surface area contributed by atoms with Crippen LogP contribution in [0, 0.1) is 6.92 Å². The van der Waals surface area contributed by atoms with Crippen molar-refractivity contribution >= 4 is 11.9 Å². The maximum absolute atomic E-state index is 11.3. The molecule has 0 saturated heterocycles. The molecule has 0 aliphatic rings. The fourth-order valence-corrected chi connectivity index (χ4v) is 2.54. The van der Waals surface area contributed by atoms with Crippen LogP contribution in [0.4, 0.5) is 0 Å². The summed E-state index contributed by atoms with van der Waals surface area (Å²) in [5.74, 6) is 1.11. The maximum Gasteiger partial charge on any atom is 0.248 e. The lowest BCUT2D eigenvalue weighted by Crippen LogP contribution is -2.41. The second-order valence-electron chi connectivity index (χ2n) is 6.39. The van der Waals surface area contributed by atoms with Crippen molar-refractivity contribution < 1.29 is 9.53 Å². The predicted molar refractivity (Wildman–Crippen MR) is 109 cm³/mol. The Bertz CT molecular complexity index is 789. The van der Waals surface area contributed by atoms with Gasteiger partial charge in [-0.1, -0.05) is 24.3 Å². The highest BCUT2D eigenvalue weighted by Gasteiger charge is 2.06. The summed E-state index contributed by atoms with van der Waals surface area (Å²) in [6, 6.07) is 15.2. The van der Waals surface area contributed by atoms with E-state index in [4.69, 9.17) is 10.5 Å². The van der Waals surface area contributed by atoms with Crippen LogP contribution in [-0.4, -0.2) is 31.1 Å². The summed E-state index contributed by atoms with van der Waals surface area (Å²) in [5.41, 5.74) is 7.90. The third-order valence-electron chi connectivity index (χ3n) is 3.86. The molecule has 2 aromatic carbocycles. The first-order valence-corrected chi connectivity index (χ1v) is 9.12. The molecule has 0 spiro atoms. The Morgan fingerprint density at radius 3 is 2.67 bits per heavy atom. The molecule has 0 fully saturated rings. The number of ether oxygens (including phenoxy) is 1. The molecule has 1 amide bonds. The summed E-state index contributed by atoms with van der Waals surface area (Å²) in [7, 11) is 0. The summed E-state index contributed by atoms with van der Waals surface area (Å²) < 4.78 is 5.93. The zero-order chi connectivity index (χ0) is 19.6. The largest absolute Gasteiger partial charge is 0.489 e. The SMILES string of the molecule is CCNC(=NCc1cccc(C(N)=O)c1)NCC(C)Oc1cccc(C)c1. The Labute approximate surface area is 160 Å². The molecular weight excluding hydrogens is 340 g/mol. The van der Waals surface area contributed by atoms with Crippen LogP contribution >= 0.6 is 0 Å². The highest BCUT2D eigenvalue weighted by Crippen LogP contribution is 2.13. The number of primary amides is 1. The summed E-state index contributed by atoms with van der Waals surface area (Å²) in [6.07, 6.45) is -0.0196. The van der Waals surface area contributed by atoms with Gasteiger partial charge in [0.1, 0.15) is 11.9 Å². The number of amides is 1. The van der Waals surface area contributed by atoms with Gasteiger partial charge in [0.2, 0.25) is 5.91 Å². The highest BCUT2D eigenvalue weighted by atomic mass is 16.5. The maximum atomic E-state index is 11.3. The summed E-state index contributed by atoms with van der Waals surface area (Å²) in [5, 5.41) is 6.50. The number of aryl methyl sites for hydroxylation is 1. The number of aliphatic imine (C=N–C) groups is 1. The Hall–Kier alpha value is -3.02. The fraction of sp³-hybridized carbons (Fsp3) is 0.333. The lowest BCUT2D eigenvalue weighted by atomic mass is 10.1. The van der Waals surface area contributed by atoms with Crippen molar-refractivity contribution in [1.29, 1.82) is 0 Å². The second kappa shape index (κ2) is 10.2. The van der Waals surface area contributed by atoms with Crippen LogP contribution in [0.5, 0.6) is 5.75 Å². The average molecular weight is 368 g/mol. The lowest BCUT2D eigenvalue weighted by Gasteiger charge is -2.18. The van der Waals surface area contributed by atoms with Crippen molar-refractivity contribution in [2.24, 2.45) is 10.7 Å². The van der Waals surface area contributed by atoms with E-state index >= 15 is 0 Å². The van der Waals surface area contributed by atoms with Gasteiger partial charge in [0.25, 0.3) is 0 Å². The van der Waals surface area contributed by atoms with Crippen LogP contribution in [0.1, 0.15) is 35.3 Å². The van der Waals surface area contributed by atoms with E-state index in [1.54, 1.807) is 12.1 Å². The molecule has 6 heteroatoms. The Morgan fingerprint density at radius 1 is 1.19 bits per heavy atom. The van der Waals surface area contributed by atoms with Gasteiger partial charge < -0.3 is 21.1 Å². The zero-order valence-corrected chi connectivity index (χ0v) is 16.2. The molecule has 27 heavy (non-hydrogen) atoms. The quantitative estimate of drug-likeness (QED) is 0.494. The van der Waals surface area contributed by atoms with E-state index in [1.807, 2.05) is 57.2 Å². The zero-order valence-electron chi connectivity index (χ0n) is 16.2. The molecule has 144 valence electrons. The summed E-state index contributed by atoms with van der Waals surface area (Å²) in [4.78, 5) is 15.9. The number of hydrogen-bond donors (Lipinski definition) is 3. The van der Waals surface area contributed by atoms with Crippen molar-refractivity contribution in [2.75, 3.05) is 13.1 Å². The minimum absolute atomic E-state index is 0.0196. The standard InChI is InChI=1S/C21H28N4O2/c1-4-23-21(25-14-17-8-6-9-18(12-17)20(22)26)24-13-16(3)27-19-10-5-7-15(2)11-19/h5-12,16H,4,13-14H2,1-3H3,(H2,22,26)(H2,23,24,25). The first-order valence-electron chi connectivity index (χ1n) is 9.12. The van der Waals surface area contributed by atoms with Gasteiger partial charge in [-0.25, -0.2) is 4.99 Å². The van der Waals surface area contributed by atoms with Crippen molar-refractivity contribution in [3.63, 3.8) is 0 Å². The van der Waals surface area contributed by atoms with Crippen molar-refractivity contribution in [2.45, 2.75) is 33.4 Å². The van der Waals surface area contributed by atoms with Crippen LogP contribution in [-0.2, 0) is 6.54 Å². The van der Waals surface area contributed by atoms with Crippen LogP contribution in [0.15, 0.2) is 53.5 Å². The number of nitrogens with one attached hydrogen (secondary N) is 2. The third-order valence-corrected chi connectivity index (χ3v) is 3.86. The molecule has 0 aliphatic heterocycles. The molecule has 0 aliphatic carbocycles. The topological polar surface area (TPSA) is 88.7 Å². The van der Waals surface area contributed by atoms with Crippen LogP contribution < -0.4 is 21.1 Å². The molecule has 1 atom stereocenters. The van der Waals surface area contributed by atoms with Gasteiger partial charge in [0, 0.05) is 12.1 Å². The number of carbonyl (C=O) groups excluding carboxylic acids is 1. The summed E-state index contributed by atoms with van der Waals surface area (Å²) >= 11 is 0. The minimum atomic E-state index is -0.437. The van der Waals surface area contributed by atoms with Gasteiger partial charge in [-0.05, 0) is 56.2 Å². The van der Waals surface area contributed by atoms with Crippen molar-refractivity contribution in [1.82, 2.24) is 10.6 Å². The average Bonchev–Trinajstić information content (AvgIpc) is 2.64. The monoisotopic (exact) mass is 368 g/mol. The molecule has 0 saturated carbocycles. The van der Waals surface area contributed by atoms with Gasteiger partial charge in [0.05, 0.1) is 13.1 Å². The van der Waals surface area contributed by atoms with Gasteiger partial charge in [-0.3, -0.25) is 4.79 Å². The fourth-order valence-electron chi connectivity index (χ4n) is 2.54. The van der Waals surface area contributed by atoms with Gasteiger partial charge >= 0.3 is 0 Å². The van der Waals surface area contributed by atoms with E-state index in [0.29, 0.717) is 24.6 Å². The molecular formula is C21H28N4O2. The molecule has 0 bridgehead atoms. The molecule has 0 radical (unpaired) electrons. The number of benzene rings is 2. The minimum Gasteiger partial charge on any atom is -0.489 e. The van der Waals surface area contributed by atoms with E-state index in [-0.39, 0.29) is 6.10 Å². The van der Waals surface area contributed by atoms with Crippen LogP contribution in [0.2, 0.25) is 0 Å². The van der Waals surface area contributed by atoms with E-state index in [9.17, 15) is 4.79 Å². The lowest BCUT2D eigenvalue weighted by molar-refractivity contribution is 0.1000. The Kier molecular flexibility index (Phi) is 7.67. The van der Waals surface area contributed by atoms with Crippen LogP contribution in [0.25, 0.3) is 0 Å². The summed E-state index contributed by atoms with van der Waals surface area (Å²) in [6.45, 7) is 7.87. The normalized spacial score (nSPS) is 12.3. The number of carbonyl (C=O) groups is 1. The van der Waals surface area contributed by atoms with Crippen molar-refractivity contribution in [3.05, 3.63) is 65.2 Å². The first kappa shape index (κ1) is 20.3. The molecule has 1 unspecified atom stereocenters. The van der Waals surface area contributed by atoms with E-state index in [0.717, 1.165) is 17.9 Å². The van der Waals surface area contributed by atoms with Gasteiger partial charge in [0.15, 0.2) is 5.96 Å². The molecule has 4 N–H and O–H groups in total. The second-order valence-corrected chi connectivity index (χ2v) is 6.39. The van der Waals surface area contributed by atoms with Gasteiger partial charge in [-0.2, -0.15) is 0 Å².